The number of halogens is 1. The number of anilines is 1. The number of carbonyl (C=O) groups excluding carboxylic acids is 1. The highest BCUT2D eigenvalue weighted by Crippen LogP contribution is 2.25. The molecule has 1 N–H and O–H groups in total. The third-order valence-corrected chi connectivity index (χ3v) is 6.57. The van der Waals surface area contributed by atoms with Crippen molar-refractivity contribution in [3.63, 3.8) is 0 Å². The Morgan fingerprint density at radius 1 is 1.13 bits per heavy atom. The largest absolute Gasteiger partial charge is 0.485 e. The molecular formula is C22H25IN4O2S. The van der Waals surface area contributed by atoms with Crippen LogP contribution in [0.2, 0.25) is 0 Å². The molecule has 0 aliphatic rings. The van der Waals surface area contributed by atoms with Gasteiger partial charge in [0.1, 0.15) is 12.4 Å². The molecule has 0 atom stereocenters. The van der Waals surface area contributed by atoms with E-state index in [0.717, 1.165) is 31.7 Å². The molecule has 0 spiro atoms. The molecule has 0 aliphatic carbocycles. The van der Waals surface area contributed by atoms with E-state index >= 15 is 0 Å². The summed E-state index contributed by atoms with van der Waals surface area (Å²) >= 11 is 3.64. The van der Waals surface area contributed by atoms with Gasteiger partial charge in [0.05, 0.1) is 5.75 Å². The van der Waals surface area contributed by atoms with Gasteiger partial charge in [0.15, 0.2) is 11.0 Å². The van der Waals surface area contributed by atoms with Crippen LogP contribution in [0.1, 0.15) is 28.1 Å². The number of rotatable bonds is 7. The molecule has 0 radical (unpaired) electrons. The number of aromatic nitrogens is 3. The van der Waals surface area contributed by atoms with Crippen molar-refractivity contribution in [2.75, 3.05) is 11.1 Å². The van der Waals surface area contributed by atoms with Gasteiger partial charge in [-0.05, 0) is 90.7 Å². The summed E-state index contributed by atoms with van der Waals surface area (Å²) in [6.07, 6.45) is 0. The number of thioether (sulfide) groups is 1. The van der Waals surface area contributed by atoms with Crippen LogP contribution in [0.15, 0.2) is 35.5 Å². The van der Waals surface area contributed by atoms with Crippen molar-refractivity contribution in [3.05, 3.63) is 62.0 Å². The molecule has 1 aromatic heterocycles. The zero-order valence-electron chi connectivity index (χ0n) is 17.7. The lowest BCUT2D eigenvalue weighted by molar-refractivity contribution is -0.113. The Morgan fingerprint density at radius 3 is 2.53 bits per heavy atom. The fourth-order valence-electron chi connectivity index (χ4n) is 3.03. The predicted octanol–water partition coefficient (Wildman–Crippen LogP) is 4.96. The molecule has 6 nitrogen and oxygen atoms in total. The normalized spacial score (nSPS) is 10.9. The van der Waals surface area contributed by atoms with E-state index in [2.05, 4.69) is 63.2 Å². The van der Waals surface area contributed by atoms with Gasteiger partial charge in [0.2, 0.25) is 5.91 Å². The number of nitrogens with one attached hydrogen (secondary N) is 1. The maximum absolute atomic E-state index is 12.5. The van der Waals surface area contributed by atoms with E-state index in [-0.39, 0.29) is 11.7 Å². The summed E-state index contributed by atoms with van der Waals surface area (Å²) in [5, 5.41) is 12.1. The van der Waals surface area contributed by atoms with Gasteiger partial charge in [-0.15, -0.1) is 10.2 Å². The number of hydrogen-bond donors (Lipinski definition) is 1. The van der Waals surface area contributed by atoms with Gasteiger partial charge in [-0.2, -0.15) is 0 Å². The minimum Gasteiger partial charge on any atom is -0.485 e. The van der Waals surface area contributed by atoms with E-state index in [1.165, 1.54) is 17.3 Å². The molecule has 158 valence electrons. The lowest BCUT2D eigenvalue weighted by atomic mass is 10.1. The third kappa shape index (κ3) is 5.34. The molecule has 3 rings (SSSR count). The van der Waals surface area contributed by atoms with Crippen molar-refractivity contribution in [1.29, 1.82) is 0 Å². The number of carbonyl (C=O) groups is 1. The van der Waals surface area contributed by atoms with Crippen LogP contribution in [0.25, 0.3) is 0 Å². The molecule has 0 saturated carbocycles. The molecule has 8 heteroatoms. The fourth-order valence-corrected chi connectivity index (χ4v) is 4.70. The highest BCUT2D eigenvalue weighted by Gasteiger charge is 2.14. The van der Waals surface area contributed by atoms with Crippen LogP contribution in [-0.2, 0) is 18.4 Å². The Bertz CT molecular complexity index is 1060. The molecule has 0 aliphatic heterocycles. The average molecular weight is 536 g/mol. The first-order valence-corrected chi connectivity index (χ1v) is 11.6. The van der Waals surface area contributed by atoms with Crippen LogP contribution in [0.4, 0.5) is 5.69 Å². The second-order valence-electron chi connectivity index (χ2n) is 7.20. The number of benzene rings is 2. The molecule has 0 saturated heterocycles. The highest BCUT2D eigenvalue weighted by molar-refractivity contribution is 14.1. The van der Waals surface area contributed by atoms with Gasteiger partial charge >= 0.3 is 0 Å². The molecular weight excluding hydrogens is 511 g/mol. The number of amides is 1. The monoisotopic (exact) mass is 536 g/mol. The van der Waals surface area contributed by atoms with Crippen LogP contribution in [0.3, 0.4) is 0 Å². The van der Waals surface area contributed by atoms with Gasteiger partial charge in [-0.3, -0.25) is 4.79 Å². The smallest absolute Gasteiger partial charge is 0.234 e. The SMILES string of the molecule is Cc1cccc(OCc2nnc(SCC(=O)Nc3c(C)cc(I)cc3C)n2C)c1C. The summed E-state index contributed by atoms with van der Waals surface area (Å²) in [6.45, 7) is 8.43. The Hall–Kier alpha value is -2.07. The van der Waals surface area contributed by atoms with Crippen LogP contribution >= 0.6 is 34.4 Å². The predicted molar refractivity (Wildman–Crippen MR) is 129 cm³/mol. The fraction of sp³-hybridized carbons (Fsp3) is 0.318. The van der Waals surface area contributed by atoms with E-state index in [1.54, 1.807) is 0 Å². The standard InChI is InChI=1S/C22H25IN4O2S/c1-13-7-6-8-18(16(13)4)29-11-19-25-26-22(27(19)5)30-12-20(28)24-21-14(2)9-17(23)10-15(21)3/h6-10H,11-12H2,1-5H3,(H,24,28). The van der Waals surface area contributed by atoms with Gasteiger partial charge in [0.25, 0.3) is 0 Å². The third-order valence-electron chi connectivity index (χ3n) is 4.93. The number of aryl methyl sites for hydroxylation is 3. The molecule has 1 amide bonds. The van der Waals surface area contributed by atoms with Gasteiger partial charge in [-0.1, -0.05) is 23.9 Å². The number of hydrogen-bond acceptors (Lipinski definition) is 5. The quantitative estimate of drug-likeness (QED) is 0.342. The van der Waals surface area contributed by atoms with E-state index < -0.39 is 0 Å². The van der Waals surface area contributed by atoms with Crippen LogP contribution < -0.4 is 10.1 Å². The summed E-state index contributed by atoms with van der Waals surface area (Å²) in [7, 11) is 1.88. The molecule has 30 heavy (non-hydrogen) atoms. The van der Waals surface area contributed by atoms with Gasteiger partial charge in [-0.25, -0.2) is 0 Å². The molecule has 0 fully saturated rings. The summed E-state index contributed by atoms with van der Waals surface area (Å²) in [4.78, 5) is 12.5. The van der Waals surface area contributed by atoms with Crippen molar-refractivity contribution in [1.82, 2.24) is 14.8 Å². The second kappa shape index (κ2) is 9.82. The van der Waals surface area contributed by atoms with Crippen molar-refractivity contribution in [3.8, 4) is 5.75 Å². The minimum absolute atomic E-state index is 0.0661. The summed E-state index contributed by atoms with van der Waals surface area (Å²) < 4.78 is 8.95. The Kier molecular flexibility index (Phi) is 7.41. The Morgan fingerprint density at radius 2 is 1.83 bits per heavy atom. The first-order valence-electron chi connectivity index (χ1n) is 9.53. The van der Waals surface area contributed by atoms with Crippen molar-refractivity contribution < 1.29 is 9.53 Å². The van der Waals surface area contributed by atoms with Crippen molar-refractivity contribution >= 4 is 45.9 Å². The molecule has 0 unspecified atom stereocenters. The van der Waals surface area contributed by atoms with E-state index in [9.17, 15) is 4.79 Å². The van der Waals surface area contributed by atoms with Gasteiger partial charge in [0, 0.05) is 16.3 Å². The van der Waals surface area contributed by atoms with E-state index in [0.29, 0.717) is 17.6 Å². The van der Waals surface area contributed by atoms with Crippen LogP contribution in [0, 0.1) is 31.3 Å². The lowest BCUT2D eigenvalue weighted by Gasteiger charge is -2.12. The zero-order valence-corrected chi connectivity index (χ0v) is 20.7. The second-order valence-corrected chi connectivity index (χ2v) is 9.38. The summed E-state index contributed by atoms with van der Waals surface area (Å²) in [5.74, 6) is 1.75. The zero-order chi connectivity index (χ0) is 21.8. The van der Waals surface area contributed by atoms with Crippen molar-refractivity contribution in [2.24, 2.45) is 7.05 Å². The highest BCUT2D eigenvalue weighted by atomic mass is 127. The molecule has 2 aromatic carbocycles. The molecule has 0 bridgehead atoms. The molecule has 3 aromatic rings. The van der Waals surface area contributed by atoms with Crippen LogP contribution in [0.5, 0.6) is 5.75 Å². The Balaban J connectivity index is 1.59. The van der Waals surface area contributed by atoms with Crippen LogP contribution in [-0.4, -0.2) is 26.4 Å². The maximum atomic E-state index is 12.5. The van der Waals surface area contributed by atoms with Gasteiger partial charge < -0.3 is 14.6 Å². The first kappa shape index (κ1) is 22.6. The maximum Gasteiger partial charge on any atom is 0.234 e. The van der Waals surface area contributed by atoms with E-state index in [1.807, 2.05) is 44.5 Å². The average Bonchev–Trinajstić information content (AvgIpc) is 3.04. The minimum atomic E-state index is -0.0661. The Labute approximate surface area is 195 Å². The van der Waals surface area contributed by atoms with Crippen molar-refractivity contribution in [2.45, 2.75) is 39.5 Å². The summed E-state index contributed by atoms with van der Waals surface area (Å²) in [6, 6.07) is 10.1. The summed E-state index contributed by atoms with van der Waals surface area (Å²) in [5.41, 5.74) is 5.30. The number of nitrogens with zero attached hydrogens (tertiary/aromatic N) is 3. The van der Waals surface area contributed by atoms with E-state index in [4.69, 9.17) is 4.74 Å². The topological polar surface area (TPSA) is 69.0 Å². The first-order chi connectivity index (χ1) is 14.3. The molecule has 1 heterocycles. The lowest BCUT2D eigenvalue weighted by Crippen LogP contribution is -2.16. The number of ether oxygens (including phenoxy) is 1.